The number of nitrogens with one attached hydrogen (secondary N) is 1. The summed E-state index contributed by atoms with van der Waals surface area (Å²) in [5, 5.41) is 3.29. The predicted molar refractivity (Wildman–Crippen MR) is 78.7 cm³/mol. The van der Waals surface area contributed by atoms with Crippen molar-refractivity contribution >= 4 is 11.8 Å². The van der Waals surface area contributed by atoms with Crippen molar-refractivity contribution in [1.82, 2.24) is 5.32 Å². The quantitative estimate of drug-likeness (QED) is 0.716. The van der Waals surface area contributed by atoms with Gasteiger partial charge in [0, 0.05) is 16.7 Å². The Labute approximate surface area is 110 Å². The third-order valence-corrected chi connectivity index (χ3v) is 4.66. The molecular formula is C15H25NS. The molecule has 0 saturated carbocycles. The number of benzene rings is 1. The van der Waals surface area contributed by atoms with Gasteiger partial charge in [-0.2, -0.15) is 0 Å². The fourth-order valence-corrected chi connectivity index (χ4v) is 3.07. The highest BCUT2D eigenvalue weighted by atomic mass is 32.2. The summed E-state index contributed by atoms with van der Waals surface area (Å²) >= 11 is 1.99. The predicted octanol–water partition coefficient (Wildman–Crippen LogP) is 4.50. The van der Waals surface area contributed by atoms with E-state index >= 15 is 0 Å². The maximum Gasteiger partial charge on any atom is 0.0289 e. The van der Waals surface area contributed by atoms with Gasteiger partial charge in [-0.1, -0.05) is 38.8 Å². The minimum atomic E-state index is 0.434. The second kappa shape index (κ2) is 7.78. The first-order valence-corrected chi connectivity index (χ1v) is 7.59. The molecule has 0 fully saturated rings. The molecule has 0 bridgehead atoms. The van der Waals surface area contributed by atoms with Gasteiger partial charge in [0.05, 0.1) is 0 Å². The van der Waals surface area contributed by atoms with Crippen LogP contribution >= 0.6 is 11.8 Å². The summed E-state index contributed by atoms with van der Waals surface area (Å²) in [7, 11) is 2.01. The first kappa shape index (κ1) is 14.6. The summed E-state index contributed by atoms with van der Waals surface area (Å²) in [6, 6.07) is 9.33. The van der Waals surface area contributed by atoms with E-state index in [1.807, 2.05) is 18.8 Å². The Morgan fingerprint density at radius 1 is 1.24 bits per heavy atom. The molecule has 0 aliphatic rings. The lowest BCUT2D eigenvalue weighted by molar-refractivity contribution is 0.554. The molecule has 0 saturated heterocycles. The molecule has 0 radical (unpaired) electrons. The van der Waals surface area contributed by atoms with Crippen molar-refractivity contribution in [1.29, 1.82) is 0 Å². The highest BCUT2D eigenvalue weighted by Gasteiger charge is 2.06. The molecule has 0 spiro atoms. The van der Waals surface area contributed by atoms with Gasteiger partial charge in [-0.05, 0) is 37.6 Å². The minimum absolute atomic E-state index is 0.434. The highest BCUT2D eigenvalue weighted by molar-refractivity contribution is 7.99. The molecule has 17 heavy (non-hydrogen) atoms. The smallest absolute Gasteiger partial charge is 0.0289 e. The Hall–Kier alpha value is -0.470. The Bertz CT molecular complexity index is 320. The van der Waals surface area contributed by atoms with E-state index in [1.165, 1.54) is 29.1 Å². The second-order valence-electron chi connectivity index (χ2n) is 4.58. The molecule has 0 aliphatic heterocycles. The zero-order chi connectivity index (χ0) is 12.7. The maximum atomic E-state index is 3.29. The molecule has 96 valence electrons. The topological polar surface area (TPSA) is 12.0 Å². The summed E-state index contributed by atoms with van der Waals surface area (Å²) in [5.74, 6) is 2.09. The number of hydrogen-bond acceptors (Lipinski definition) is 2. The Balaban J connectivity index is 2.59. The van der Waals surface area contributed by atoms with Crippen molar-refractivity contribution in [3.05, 3.63) is 29.8 Å². The molecule has 0 aliphatic carbocycles. The zero-order valence-corrected chi connectivity index (χ0v) is 12.3. The zero-order valence-electron chi connectivity index (χ0n) is 11.5. The third kappa shape index (κ3) is 4.72. The Kier molecular flexibility index (Phi) is 6.68. The van der Waals surface area contributed by atoms with Gasteiger partial charge in [-0.25, -0.2) is 0 Å². The molecule has 1 N–H and O–H groups in total. The molecule has 0 heterocycles. The molecule has 1 atom stereocenters. The van der Waals surface area contributed by atoms with E-state index in [0.29, 0.717) is 6.04 Å². The molecule has 1 aromatic rings. The monoisotopic (exact) mass is 251 g/mol. The van der Waals surface area contributed by atoms with E-state index in [4.69, 9.17) is 0 Å². The van der Waals surface area contributed by atoms with Crippen LogP contribution in [0.15, 0.2) is 29.2 Å². The van der Waals surface area contributed by atoms with Crippen molar-refractivity contribution in [2.45, 2.75) is 44.6 Å². The SMILES string of the molecule is CCC(CC)CSc1cccc(C(C)NC)c1. The molecule has 0 aromatic heterocycles. The van der Waals surface area contributed by atoms with Crippen LogP contribution in [0.1, 0.15) is 45.2 Å². The Morgan fingerprint density at radius 2 is 1.94 bits per heavy atom. The largest absolute Gasteiger partial charge is 0.313 e. The molecule has 1 rings (SSSR count). The van der Waals surface area contributed by atoms with Crippen LogP contribution in [0.4, 0.5) is 0 Å². The average molecular weight is 251 g/mol. The van der Waals surface area contributed by atoms with Crippen LogP contribution in [-0.4, -0.2) is 12.8 Å². The first-order valence-electron chi connectivity index (χ1n) is 6.61. The van der Waals surface area contributed by atoms with Gasteiger partial charge in [0.15, 0.2) is 0 Å². The van der Waals surface area contributed by atoms with Crippen molar-refractivity contribution in [2.75, 3.05) is 12.8 Å². The summed E-state index contributed by atoms with van der Waals surface area (Å²) in [6.45, 7) is 6.77. The van der Waals surface area contributed by atoms with Crippen molar-refractivity contribution in [3.63, 3.8) is 0 Å². The lowest BCUT2D eigenvalue weighted by atomic mass is 10.1. The van der Waals surface area contributed by atoms with E-state index in [-0.39, 0.29) is 0 Å². The van der Waals surface area contributed by atoms with Crippen LogP contribution in [0.2, 0.25) is 0 Å². The summed E-state index contributed by atoms with van der Waals surface area (Å²) in [4.78, 5) is 1.40. The highest BCUT2D eigenvalue weighted by Crippen LogP contribution is 2.26. The number of thioether (sulfide) groups is 1. The minimum Gasteiger partial charge on any atom is -0.313 e. The van der Waals surface area contributed by atoms with E-state index in [0.717, 1.165) is 5.92 Å². The van der Waals surface area contributed by atoms with Gasteiger partial charge >= 0.3 is 0 Å². The molecule has 0 amide bonds. The van der Waals surface area contributed by atoms with Crippen LogP contribution in [0.25, 0.3) is 0 Å². The standard InChI is InChI=1S/C15H25NS/c1-5-13(6-2)11-17-15-9-7-8-14(10-15)12(3)16-4/h7-10,12-13,16H,5-6,11H2,1-4H3. The van der Waals surface area contributed by atoms with Crippen LogP contribution in [0.5, 0.6) is 0 Å². The van der Waals surface area contributed by atoms with E-state index in [2.05, 4.69) is 50.4 Å². The van der Waals surface area contributed by atoms with Crippen molar-refractivity contribution < 1.29 is 0 Å². The normalized spacial score (nSPS) is 13.0. The first-order chi connectivity index (χ1) is 8.21. The van der Waals surface area contributed by atoms with Crippen LogP contribution in [-0.2, 0) is 0 Å². The third-order valence-electron chi connectivity index (χ3n) is 3.43. The van der Waals surface area contributed by atoms with Crippen molar-refractivity contribution in [2.24, 2.45) is 5.92 Å². The van der Waals surface area contributed by atoms with E-state index in [1.54, 1.807) is 0 Å². The second-order valence-corrected chi connectivity index (χ2v) is 5.67. The molecule has 2 heteroatoms. The lowest BCUT2D eigenvalue weighted by Crippen LogP contribution is -2.12. The molecule has 1 aromatic carbocycles. The molecule has 1 nitrogen and oxygen atoms in total. The number of rotatable bonds is 7. The summed E-state index contributed by atoms with van der Waals surface area (Å²) in [5.41, 5.74) is 1.38. The van der Waals surface area contributed by atoms with Gasteiger partial charge in [-0.3, -0.25) is 0 Å². The average Bonchev–Trinajstić information content (AvgIpc) is 2.39. The molecular weight excluding hydrogens is 226 g/mol. The Morgan fingerprint density at radius 3 is 2.53 bits per heavy atom. The molecule has 1 unspecified atom stereocenters. The van der Waals surface area contributed by atoms with Crippen LogP contribution in [0, 0.1) is 5.92 Å². The summed E-state index contributed by atoms with van der Waals surface area (Å²) < 4.78 is 0. The van der Waals surface area contributed by atoms with Gasteiger partial charge in [0.2, 0.25) is 0 Å². The summed E-state index contributed by atoms with van der Waals surface area (Å²) in [6.07, 6.45) is 2.58. The number of hydrogen-bond donors (Lipinski definition) is 1. The fraction of sp³-hybridized carbons (Fsp3) is 0.600. The van der Waals surface area contributed by atoms with E-state index < -0.39 is 0 Å². The van der Waals surface area contributed by atoms with Gasteiger partial charge in [-0.15, -0.1) is 11.8 Å². The maximum absolute atomic E-state index is 3.29. The fourth-order valence-electron chi connectivity index (χ4n) is 1.78. The van der Waals surface area contributed by atoms with Crippen LogP contribution < -0.4 is 5.32 Å². The lowest BCUT2D eigenvalue weighted by Gasteiger charge is -2.14. The van der Waals surface area contributed by atoms with Gasteiger partial charge in [0.1, 0.15) is 0 Å². The van der Waals surface area contributed by atoms with Gasteiger partial charge < -0.3 is 5.32 Å². The van der Waals surface area contributed by atoms with Crippen molar-refractivity contribution in [3.8, 4) is 0 Å². The van der Waals surface area contributed by atoms with Gasteiger partial charge in [0.25, 0.3) is 0 Å². The van der Waals surface area contributed by atoms with Crippen LogP contribution in [0.3, 0.4) is 0 Å². The van der Waals surface area contributed by atoms with E-state index in [9.17, 15) is 0 Å².